The van der Waals surface area contributed by atoms with Gasteiger partial charge >= 0.3 is 5.97 Å². The molecular weight excluding hydrogens is 426 g/mol. The first-order valence-electron chi connectivity index (χ1n) is 10.7. The van der Waals surface area contributed by atoms with Crippen LogP contribution in [0.5, 0.6) is 0 Å². The normalized spacial score (nSPS) is 17.9. The molecular formula is C24H29N3O6. The zero-order valence-electron chi connectivity index (χ0n) is 18.7. The molecule has 0 aromatic heterocycles. The summed E-state index contributed by atoms with van der Waals surface area (Å²) in [6, 6.07) is 6.74. The third-order valence-corrected chi connectivity index (χ3v) is 5.24. The largest absolute Gasteiger partial charge is 0.481 e. The van der Waals surface area contributed by atoms with Crippen LogP contribution in [0.1, 0.15) is 38.7 Å². The minimum Gasteiger partial charge on any atom is -0.481 e. The number of hydrogen-bond donors (Lipinski definition) is 3. The predicted octanol–water partition coefficient (Wildman–Crippen LogP) is 1.30. The van der Waals surface area contributed by atoms with Gasteiger partial charge in [0.2, 0.25) is 17.7 Å². The minimum absolute atomic E-state index is 0.330. The van der Waals surface area contributed by atoms with E-state index in [2.05, 4.69) is 10.6 Å². The van der Waals surface area contributed by atoms with Crippen LogP contribution in [0.3, 0.4) is 0 Å². The zero-order valence-corrected chi connectivity index (χ0v) is 18.7. The van der Waals surface area contributed by atoms with Gasteiger partial charge in [0.15, 0.2) is 0 Å². The topological polar surface area (TPSA) is 133 Å². The number of aliphatic carboxylic acids is 1. The van der Waals surface area contributed by atoms with Crippen LogP contribution in [0.2, 0.25) is 0 Å². The maximum Gasteiger partial charge on any atom is 0.305 e. The number of amides is 3. The van der Waals surface area contributed by atoms with Crippen LogP contribution in [0.4, 0.5) is 0 Å². The van der Waals surface area contributed by atoms with Crippen LogP contribution in [0.25, 0.3) is 6.08 Å². The molecule has 33 heavy (non-hydrogen) atoms. The molecule has 3 atom stereocenters. The van der Waals surface area contributed by atoms with E-state index in [1.165, 1.54) is 4.90 Å². The smallest absolute Gasteiger partial charge is 0.305 e. The van der Waals surface area contributed by atoms with Crippen molar-refractivity contribution >= 4 is 36.1 Å². The molecule has 1 fully saturated rings. The summed E-state index contributed by atoms with van der Waals surface area (Å²) in [6.45, 7) is 3.51. The van der Waals surface area contributed by atoms with Gasteiger partial charge in [-0.25, -0.2) is 0 Å². The Labute approximate surface area is 192 Å². The van der Waals surface area contributed by atoms with Crippen molar-refractivity contribution in [3.8, 4) is 0 Å². The zero-order chi connectivity index (χ0) is 24.4. The molecule has 176 valence electrons. The minimum atomic E-state index is -1.22. The van der Waals surface area contributed by atoms with Gasteiger partial charge in [-0.1, -0.05) is 48.6 Å². The molecule has 9 nitrogen and oxygen atoms in total. The van der Waals surface area contributed by atoms with E-state index in [9.17, 15) is 24.0 Å². The number of benzene rings is 1. The third kappa shape index (κ3) is 7.71. The number of carbonyl (C=O) groups is 5. The molecule has 1 aromatic rings. The lowest BCUT2D eigenvalue weighted by molar-refractivity contribution is -0.142. The Morgan fingerprint density at radius 1 is 1.18 bits per heavy atom. The molecule has 1 aliphatic heterocycles. The Kier molecular flexibility index (Phi) is 9.53. The average Bonchev–Trinajstić information content (AvgIpc) is 3.28. The lowest BCUT2D eigenvalue weighted by Crippen LogP contribution is -2.54. The van der Waals surface area contributed by atoms with Gasteiger partial charge in [0.05, 0.1) is 12.5 Å². The van der Waals surface area contributed by atoms with Crippen molar-refractivity contribution in [2.45, 2.75) is 51.2 Å². The maximum absolute atomic E-state index is 12.9. The highest BCUT2D eigenvalue weighted by molar-refractivity contribution is 5.98. The molecule has 0 aliphatic carbocycles. The standard InChI is InChI=1S/C24H29N3O6/c1-16(8-6-11-18-9-4-3-5-10-18)22(31)25-17(2)24(33)27-13-7-12-20(27)23(32)26-19(15-28)14-21(29)30/h3-6,8-11,15,17,19-20H,7,12-14H2,1-2H3,(H,25,31)(H,26,32)(H,29,30)/b11-6-,16-8+/t17-,19-,20?/m0/s1. The highest BCUT2D eigenvalue weighted by Gasteiger charge is 2.37. The lowest BCUT2D eigenvalue weighted by atomic mass is 10.1. The predicted molar refractivity (Wildman–Crippen MR) is 122 cm³/mol. The van der Waals surface area contributed by atoms with E-state index in [-0.39, 0.29) is 0 Å². The van der Waals surface area contributed by atoms with E-state index < -0.39 is 48.2 Å². The third-order valence-electron chi connectivity index (χ3n) is 5.24. The first-order chi connectivity index (χ1) is 15.7. The average molecular weight is 456 g/mol. The molecule has 1 unspecified atom stereocenters. The highest BCUT2D eigenvalue weighted by atomic mass is 16.4. The molecule has 1 saturated heterocycles. The van der Waals surface area contributed by atoms with Crippen LogP contribution in [0.15, 0.2) is 48.1 Å². The molecule has 2 rings (SSSR count). The second kappa shape index (κ2) is 12.3. The number of carboxylic acid groups (broad SMARTS) is 1. The first-order valence-corrected chi connectivity index (χ1v) is 10.7. The molecule has 0 bridgehead atoms. The van der Waals surface area contributed by atoms with Crippen LogP contribution in [-0.4, -0.2) is 64.7 Å². The quantitative estimate of drug-likeness (QED) is 0.277. The molecule has 0 radical (unpaired) electrons. The summed E-state index contributed by atoms with van der Waals surface area (Å²) < 4.78 is 0. The summed E-state index contributed by atoms with van der Waals surface area (Å²) in [7, 11) is 0. The molecule has 1 heterocycles. The molecule has 3 N–H and O–H groups in total. The van der Waals surface area contributed by atoms with Crippen molar-refractivity contribution in [3.63, 3.8) is 0 Å². The van der Waals surface area contributed by atoms with Crippen LogP contribution >= 0.6 is 0 Å². The van der Waals surface area contributed by atoms with Crippen molar-refractivity contribution in [1.29, 1.82) is 0 Å². The van der Waals surface area contributed by atoms with Crippen LogP contribution in [-0.2, 0) is 24.0 Å². The summed E-state index contributed by atoms with van der Waals surface area (Å²) in [4.78, 5) is 61.1. The fourth-order valence-corrected chi connectivity index (χ4v) is 3.47. The number of carboxylic acids is 1. The molecule has 0 saturated carbocycles. The van der Waals surface area contributed by atoms with Gasteiger partial charge in [0.1, 0.15) is 18.4 Å². The van der Waals surface area contributed by atoms with E-state index >= 15 is 0 Å². The van der Waals surface area contributed by atoms with E-state index in [0.29, 0.717) is 31.2 Å². The number of likely N-dealkylation sites (tertiary alicyclic amines) is 1. The monoisotopic (exact) mass is 455 g/mol. The van der Waals surface area contributed by atoms with E-state index in [1.54, 1.807) is 26.0 Å². The van der Waals surface area contributed by atoms with Crippen molar-refractivity contribution in [2.24, 2.45) is 0 Å². The van der Waals surface area contributed by atoms with Gasteiger partial charge in [-0.05, 0) is 32.3 Å². The summed E-state index contributed by atoms with van der Waals surface area (Å²) in [6.07, 6.45) is 6.05. The van der Waals surface area contributed by atoms with Gasteiger partial charge in [0.25, 0.3) is 0 Å². The summed E-state index contributed by atoms with van der Waals surface area (Å²) >= 11 is 0. The summed E-state index contributed by atoms with van der Waals surface area (Å²) in [5.74, 6) is -2.63. The fraction of sp³-hybridized carbons (Fsp3) is 0.375. The van der Waals surface area contributed by atoms with E-state index in [1.807, 2.05) is 36.4 Å². The van der Waals surface area contributed by atoms with Gasteiger partial charge in [-0.15, -0.1) is 0 Å². The Morgan fingerprint density at radius 2 is 1.88 bits per heavy atom. The van der Waals surface area contributed by atoms with Crippen molar-refractivity contribution in [3.05, 3.63) is 53.6 Å². The van der Waals surface area contributed by atoms with Crippen LogP contribution < -0.4 is 10.6 Å². The van der Waals surface area contributed by atoms with Crippen molar-refractivity contribution in [2.75, 3.05) is 6.54 Å². The van der Waals surface area contributed by atoms with Crippen LogP contribution in [0, 0.1) is 0 Å². The number of aldehydes is 1. The molecule has 0 spiro atoms. The number of nitrogens with zero attached hydrogens (tertiary/aromatic N) is 1. The molecule has 9 heteroatoms. The fourth-order valence-electron chi connectivity index (χ4n) is 3.47. The van der Waals surface area contributed by atoms with E-state index in [4.69, 9.17) is 5.11 Å². The van der Waals surface area contributed by atoms with Gasteiger partial charge in [0, 0.05) is 12.1 Å². The Morgan fingerprint density at radius 3 is 2.52 bits per heavy atom. The van der Waals surface area contributed by atoms with Gasteiger partial charge < -0.3 is 25.4 Å². The first kappa shape index (κ1) is 25.5. The number of carbonyl (C=O) groups excluding carboxylic acids is 4. The van der Waals surface area contributed by atoms with Crippen molar-refractivity contribution in [1.82, 2.24) is 15.5 Å². The second-order valence-electron chi connectivity index (χ2n) is 7.85. The highest BCUT2D eigenvalue weighted by Crippen LogP contribution is 2.19. The number of nitrogens with one attached hydrogen (secondary N) is 2. The van der Waals surface area contributed by atoms with Crippen molar-refractivity contribution < 1.29 is 29.1 Å². The van der Waals surface area contributed by atoms with Gasteiger partial charge in [-0.2, -0.15) is 0 Å². The lowest BCUT2D eigenvalue weighted by Gasteiger charge is -2.27. The van der Waals surface area contributed by atoms with E-state index in [0.717, 1.165) is 5.56 Å². The second-order valence-corrected chi connectivity index (χ2v) is 7.85. The summed E-state index contributed by atoms with van der Waals surface area (Å²) in [5, 5.41) is 13.8. The Bertz CT molecular complexity index is 941. The van der Waals surface area contributed by atoms with Gasteiger partial charge in [-0.3, -0.25) is 19.2 Å². The molecule has 1 aliphatic rings. The number of allylic oxidation sites excluding steroid dienone is 2. The number of hydrogen-bond acceptors (Lipinski definition) is 5. The maximum atomic E-state index is 12.9. The molecule has 3 amide bonds. The number of rotatable bonds is 10. The Hall–Kier alpha value is -3.75. The molecule has 1 aromatic carbocycles. The SMILES string of the molecule is C/C(=C\C=C/c1ccccc1)C(=O)N[C@@H](C)C(=O)N1CCCC1C(=O)N[C@H](C=O)CC(=O)O. The summed E-state index contributed by atoms with van der Waals surface area (Å²) in [5.41, 5.74) is 1.41. The Balaban J connectivity index is 1.95.